The zero-order valence-electron chi connectivity index (χ0n) is 30.7. The van der Waals surface area contributed by atoms with E-state index in [-0.39, 0.29) is 12.3 Å². The van der Waals surface area contributed by atoms with Crippen LogP contribution in [-0.4, -0.2) is 10.4 Å². The number of aliphatic imine (C=N–C) groups is 1. The Balaban J connectivity index is 1.01. The van der Waals surface area contributed by atoms with Gasteiger partial charge in [-0.2, -0.15) is 0 Å². The molecule has 0 saturated heterocycles. The third-order valence-electron chi connectivity index (χ3n) is 11.5. The van der Waals surface area contributed by atoms with Gasteiger partial charge in [-0.05, 0) is 76.9 Å². The van der Waals surface area contributed by atoms with Crippen molar-refractivity contribution in [3.63, 3.8) is 0 Å². The van der Waals surface area contributed by atoms with Crippen molar-refractivity contribution in [2.24, 2.45) is 4.99 Å². The van der Waals surface area contributed by atoms with E-state index in [1.165, 1.54) is 47.5 Å². The van der Waals surface area contributed by atoms with Crippen molar-refractivity contribution in [3.05, 3.63) is 199 Å². The predicted octanol–water partition coefficient (Wildman–Crippen LogP) is 13.1. The summed E-state index contributed by atoms with van der Waals surface area (Å²) in [4.78, 5) is 5.26. The van der Waals surface area contributed by atoms with Crippen LogP contribution in [0.3, 0.4) is 0 Å². The van der Waals surface area contributed by atoms with Crippen molar-refractivity contribution in [1.29, 1.82) is 0 Å². The maximum absolute atomic E-state index is 6.71. The zero-order valence-corrected chi connectivity index (χ0v) is 31.5. The molecule has 270 valence electrons. The quantitative estimate of drug-likeness (QED) is 0.184. The first-order chi connectivity index (χ1) is 28.2. The molecular weight excluding hydrogens is 717 g/mol. The average Bonchev–Trinajstić information content (AvgIpc) is 3.96. The van der Waals surface area contributed by atoms with Crippen LogP contribution in [-0.2, 0) is 0 Å². The Morgan fingerprint density at radius 1 is 0.509 bits per heavy atom. The van der Waals surface area contributed by atoms with Crippen LogP contribution in [0.4, 0.5) is 0 Å². The third kappa shape index (κ3) is 5.15. The van der Waals surface area contributed by atoms with Crippen LogP contribution in [0, 0.1) is 0 Å². The van der Waals surface area contributed by atoms with Crippen LogP contribution in [0.5, 0.6) is 0 Å². The molecule has 0 aliphatic carbocycles. The molecule has 1 aliphatic rings. The summed E-state index contributed by atoms with van der Waals surface area (Å²) in [6.45, 7) is 0. The molecule has 12 rings (SSSR count). The van der Waals surface area contributed by atoms with Crippen molar-refractivity contribution in [3.8, 4) is 16.8 Å². The summed E-state index contributed by atoms with van der Waals surface area (Å²) in [7, 11) is 0. The second kappa shape index (κ2) is 12.8. The molecule has 57 heavy (non-hydrogen) atoms. The van der Waals surface area contributed by atoms with Gasteiger partial charge in [-0.3, -0.25) is 5.32 Å². The van der Waals surface area contributed by atoms with Crippen molar-refractivity contribution < 1.29 is 4.42 Å². The maximum Gasteiger partial charge on any atom is 0.137 e. The van der Waals surface area contributed by atoms with Gasteiger partial charge in [-0.15, -0.1) is 11.3 Å². The van der Waals surface area contributed by atoms with Crippen LogP contribution in [0.2, 0.25) is 0 Å². The number of hydrogen-bond donors (Lipinski definition) is 2. The number of nitrogens with one attached hydrogen (secondary N) is 2. The molecule has 5 nitrogen and oxygen atoms in total. The van der Waals surface area contributed by atoms with E-state index in [1.54, 1.807) is 0 Å². The van der Waals surface area contributed by atoms with E-state index >= 15 is 0 Å². The average molecular weight is 751 g/mol. The highest BCUT2D eigenvalue weighted by molar-refractivity contribution is 7.26. The summed E-state index contributed by atoms with van der Waals surface area (Å²) in [6.07, 6.45) is -0.294. The van der Waals surface area contributed by atoms with Crippen LogP contribution in [0.1, 0.15) is 29.0 Å². The number of rotatable bonds is 5. The Labute approximate surface area is 332 Å². The van der Waals surface area contributed by atoms with Gasteiger partial charge in [0.25, 0.3) is 0 Å². The predicted molar refractivity (Wildman–Crippen MR) is 238 cm³/mol. The largest absolute Gasteiger partial charge is 0.456 e. The van der Waals surface area contributed by atoms with E-state index in [0.29, 0.717) is 0 Å². The summed E-state index contributed by atoms with van der Waals surface area (Å²) in [6, 6.07) is 64.9. The highest BCUT2D eigenvalue weighted by Crippen LogP contribution is 2.45. The molecule has 0 fully saturated rings. The first-order valence-corrected chi connectivity index (χ1v) is 20.2. The molecule has 8 aromatic carbocycles. The molecule has 2 atom stereocenters. The fraction of sp³-hybridized carbons (Fsp3) is 0.0392. The molecule has 0 bridgehead atoms. The summed E-state index contributed by atoms with van der Waals surface area (Å²) in [5.41, 5.74) is 10.9. The van der Waals surface area contributed by atoms with E-state index in [2.05, 4.69) is 191 Å². The van der Waals surface area contributed by atoms with Gasteiger partial charge in [0.15, 0.2) is 0 Å². The Morgan fingerprint density at radius 3 is 1.96 bits per heavy atom. The van der Waals surface area contributed by atoms with E-state index in [9.17, 15) is 0 Å². The highest BCUT2D eigenvalue weighted by atomic mass is 32.1. The lowest BCUT2D eigenvalue weighted by Crippen LogP contribution is -2.44. The second-order valence-electron chi connectivity index (χ2n) is 14.8. The smallest absolute Gasteiger partial charge is 0.137 e. The van der Waals surface area contributed by atoms with Crippen LogP contribution in [0.25, 0.3) is 80.7 Å². The molecule has 0 saturated carbocycles. The molecule has 1 aliphatic heterocycles. The molecule has 0 spiro atoms. The van der Waals surface area contributed by atoms with Gasteiger partial charge in [-0.25, -0.2) is 4.99 Å². The lowest BCUT2D eigenvalue weighted by molar-refractivity contribution is 0.409. The zero-order chi connectivity index (χ0) is 37.5. The van der Waals surface area contributed by atoms with Gasteiger partial charge in [0.2, 0.25) is 0 Å². The molecule has 2 N–H and O–H groups in total. The Bertz CT molecular complexity index is 3320. The number of aromatic nitrogens is 1. The Kier molecular flexibility index (Phi) is 7.24. The molecule has 0 amide bonds. The molecule has 2 unspecified atom stereocenters. The molecule has 0 radical (unpaired) electrons. The highest BCUT2D eigenvalue weighted by Gasteiger charge is 2.26. The second-order valence-corrected chi connectivity index (χ2v) is 15.9. The fourth-order valence-electron chi connectivity index (χ4n) is 8.91. The van der Waals surface area contributed by atoms with Crippen LogP contribution < -0.4 is 10.6 Å². The Hall–Kier alpha value is -6.99. The maximum atomic E-state index is 6.71. The number of hydrogen-bond acceptors (Lipinski definition) is 5. The van der Waals surface area contributed by atoms with E-state index in [0.717, 1.165) is 55.7 Å². The molecule has 4 heterocycles. The number of amidine groups is 1. The van der Waals surface area contributed by atoms with Gasteiger partial charge in [0.05, 0.1) is 11.0 Å². The third-order valence-corrected chi connectivity index (χ3v) is 12.6. The fourth-order valence-corrected chi connectivity index (χ4v) is 10.0. The Morgan fingerprint density at radius 2 is 1.19 bits per heavy atom. The minimum atomic E-state index is -0.194. The molecule has 3 aromatic heterocycles. The minimum absolute atomic E-state index is 0.100. The van der Waals surface area contributed by atoms with Crippen molar-refractivity contribution >= 4 is 81.1 Å². The number of benzene rings is 8. The van der Waals surface area contributed by atoms with E-state index in [4.69, 9.17) is 9.41 Å². The molecular formula is C51H34N4OS. The number of fused-ring (bicyclic) bond motifs is 9. The van der Waals surface area contributed by atoms with Crippen molar-refractivity contribution in [2.45, 2.75) is 12.3 Å². The molecule has 11 aromatic rings. The minimum Gasteiger partial charge on any atom is -0.456 e. The van der Waals surface area contributed by atoms with Crippen molar-refractivity contribution in [1.82, 2.24) is 15.2 Å². The van der Waals surface area contributed by atoms with Crippen LogP contribution >= 0.6 is 11.3 Å². The number of thiophene rings is 1. The van der Waals surface area contributed by atoms with E-state index in [1.807, 2.05) is 17.4 Å². The normalized spacial score (nSPS) is 15.9. The number of nitrogens with zero attached hydrogens (tertiary/aromatic N) is 2. The summed E-state index contributed by atoms with van der Waals surface area (Å²) < 4.78 is 11.6. The first kappa shape index (κ1) is 32.3. The van der Waals surface area contributed by atoms with Gasteiger partial charge < -0.3 is 14.3 Å². The van der Waals surface area contributed by atoms with Crippen molar-refractivity contribution in [2.75, 3.05) is 0 Å². The first-order valence-electron chi connectivity index (χ1n) is 19.4. The van der Waals surface area contributed by atoms with Gasteiger partial charge in [-0.1, -0.05) is 121 Å². The lowest BCUT2D eigenvalue weighted by atomic mass is 9.95. The molecule has 6 heteroatoms. The topological polar surface area (TPSA) is 54.5 Å². The summed E-state index contributed by atoms with van der Waals surface area (Å²) in [5.74, 6) is 0.872. The number of furan rings is 1. The lowest BCUT2D eigenvalue weighted by Gasteiger charge is -2.32. The summed E-state index contributed by atoms with van der Waals surface area (Å²) >= 11 is 1.84. The number of para-hydroxylation sites is 2. The van der Waals surface area contributed by atoms with Gasteiger partial charge in [0.1, 0.15) is 29.3 Å². The van der Waals surface area contributed by atoms with Gasteiger partial charge in [0, 0.05) is 59.0 Å². The standard InChI is InChI=1S/C51H34N4OS/c1-3-13-31(14-4-1)49-52-50(32-15-5-2-6-16-32)54-51(53-49)33-25-28-45-40(29-33)48-38(20-12-24-46(48)57-45)37-19-11-23-43-47(37)39-27-26-34(30-44(39)56-43)55-41-21-9-7-17-35(41)36-18-8-10-22-42(36)55/h1-30,49-50,52H,(H,53,54). The summed E-state index contributed by atoms with van der Waals surface area (Å²) in [5, 5.41) is 14.7. The van der Waals surface area contributed by atoms with E-state index < -0.39 is 0 Å². The van der Waals surface area contributed by atoms with Gasteiger partial charge >= 0.3 is 0 Å². The SMILES string of the molecule is c1ccc(C2N=C(c3ccc4sc5cccc(-c6cccc7oc8cc(-n9c%10ccccc%10c%10ccccc%109)ccc8c67)c5c4c3)NC(c3ccccc3)N2)cc1. The van der Waals surface area contributed by atoms with Crippen LogP contribution in [0.15, 0.2) is 191 Å². The monoisotopic (exact) mass is 750 g/mol.